The van der Waals surface area contributed by atoms with Crippen LogP contribution in [0.4, 0.5) is 9.18 Å². The third-order valence-corrected chi connectivity index (χ3v) is 2.01. The number of alkyl carbamates (subject to hydrolysis) is 1. The SMILES string of the molecule is CCOC(=O)NC1CCCC1F. The minimum atomic E-state index is -0.894. The molecule has 1 fully saturated rings. The highest BCUT2D eigenvalue weighted by Crippen LogP contribution is 2.21. The third-order valence-electron chi connectivity index (χ3n) is 2.01. The fourth-order valence-electron chi connectivity index (χ4n) is 1.40. The van der Waals surface area contributed by atoms with Gasteiger partial charge in [0, 0.05) is 0 Å². The molecule has 0 spiro atoms. The monoisotopic (exact) mass is 175 g/mol. The van der Waals surface area contributed by atoms with Gasteiger partial charge in [0.1, 0.15) is 6.17 Å². The molecular formula is C8H14FNO2. The number of halogens is 1. The van der Waals surface area contributed by atoms with Gasteiger partial charge in [-0.3, -0.25) is 0 Å². The Balaban J connectivity index is 2.25. The Kier molecular flexibility index (Phi) is 3.31. The predicted molar refractivity (Wildman–Crippen MR) is 42.7 cm³/mol. The van der Waals surface area contributed by atoms with Gasteiger partial charge in [0.15, 0.2) is 0 Å². The highest BCUT2D eigenvalue weighted by Gasteiger charge is 2.28. The molecule has 0 aromatic rings. The van der Waals surface area contributed by atoms with E-state index < -0.39 is 12.3 Å². The first-order chi connectivity index (χ1) is 5.74. The van der Waals surface area contributed by atoms with Crippen LogP contribution in [0.3, 0.4) is 0 Å². The average molecular weight is 175 g/mol. The number of hydrogen-bond acceptors (Lipinski definition) is 2. The molecule has 0 aromatic carbocycles. The summed E-state index contributed by atoms with van der Waals surface area (Å²) in [5.41, 5.74) is 0. The van der Waals surface area contributed by atoms with Crippen molar-refractivity contribution in [2.75, 3.05) is 6.61 Å². The van der Waals surface area contributed by atoms with Crippen LogP contribution in [0.1, 0.15) is 26.2 Å². The molecule has 0 aromatic heterocycles. The van der Waals surface area contributed by atoms with E-state index in [-0.39, 0.29) is 6.04 Å². The van der Waals surface area contributed by atoms with Crippen LogP contribution in [0.2, 0.25) is 0 Å². The molecule has 0 heterocycles. The summed E-state index contributed by atoms with van der Waals surface area (Å²) in [6, 6.07) is -0.330. The van der Waals surface area contributed by atoms with Crippen LogP contribution in [-0.4, -0.2) is 24.9 Å². The Labute approximate surface area is 71.3 Å². The summed E-state index contributed by atoms with van der Waals surface area (Å²) < 4.78 is 17.6. The van der Waals surface area contributed by atoms with Crippen molar-refractivity contribution in [1.82, 2.24) is 5.32 Å². The highest BCUT2D eigenvalue weighted by atomic mass is 19.1. The summed E-state index contributed by atoms with van der Waals surface area (Å²) in [7, 11) is 0. The molecule has 1 aliphatic carbocycles. The fraction of sp³-hybridized carbons (Fsp3) is 0.875. The predicted octanol–water partition coefficient (Wildman–Crippen LogP) is 1.62. The second kappa shape index (κ2) is 4.28. The smallest absolute Gasteiger partial charge is 0.407 e. The summed E-state index contributed by atoms with van der Waals surface area (Å²) in [5.74, 6) is 0. The van der Waals surface area contributed by atoms with E-state index in [2.05, 4.69) is 10.1 Å². The zero-order valence-corrected chi connectivity index (χ0v) is 7.18. The second-order valence-corrected chi connectivity index (χ2v) is 2.92. The van der Waals surface area contributed by atoms with Crippen LogP contribution in [-0.2, 0) is 4.74 Å². The summed E-state index contributed by atoms with van der Waals surface area (Å²) in [5, 5.41) is 2.49. The molecule has 0 saturated heterocycles. The average Bonchev–Trinajstić information content (AvgIpc) is 2.37. The number of hydrogen-bond donors (Lipinski definition) is 1. The van der Waals surface area contributed by atoms with Crippen molar-refractivity contribution in [3.63, 3.8) is 0 Å². The Morgan fingerprint density at radius 2 is 2.42 bits per heavy atom. The normalized spacial score (nSPS) is 28.5. The van der Waals surface area contributed by atoms with E-state index in [4.69, 9.17) is 0 Å². The Hall–Kier alpha value is -0.800. The lowest BCUT2D eigenvalue weighted by Crippen LogP contribution is -2.38. The molecule has 2 unspecified atom stereocenters. The van der Waals surface area contributed by atoms with Crippen LogP contribution >= 0.6 is 0 Å². The van der Waals surface area contributed by atoms with Gasteiger partial charge < -0.3 is 10.1 Å². The van der Waals surface area contributed by atoms with E-state index >= 15 is 0 Å². The van der Waals surface area contributed by atoms with E-state index in [1.54, 1.807) is 6.92 Å². The first-order valence-corrected chi connectivity index (χ1v) is 4.31. The molecule has 3 nitrogen and oxygen atoms in total. The van der Waals surface area contributed by atoms with Gasteiger partial charge in [0.05, 0.1) is 12.6 Å². The van der Waals surface area contributed by atoms with Gasteiger partial charge in [-0.25, -0.2) is 9.18 Å². The summed E-state index contributed by atoms with van der Waals surface area (Å²) in [6.45, 7) is 2.05. The molecule has 1 rings (SSSR count). The molecule has 0 radical (unpaired) electrons. The molecule has 2 atom stereocenters. The van der Waals surface area contributed by atoms with Gasteiger partial charge in [0.25, 0.3) is 0 Å². The van der Waals surface area contributed by atoms with Gasteiger partial charge in [0.2, 0.25) is 0 Å². The lowest BCUT2D eigenvalue weighted by molar-refractivity contribution is 0.142. The molecule has 1 amide bonds. The van der Waals surface area contributed by atoms with Gasteiger partial charge in [-0.15, -0.1) is 0 Å². The Morgan fingerprint density at radius 1 is 1.67 bits per heavy atom. The zero-order chi connectivity index (χ0) is 8.97. The fourth-order valence-corrected chi connectivity index (χ4v) is 1.40. The first-order valence-electron chi connectivity index (χ1n) is 4.31. The van der Waals surface area contributed by atoms with E-state index in [1.165, 1.54) is 0 Å². The van der Waals surface area contributed by atoms with E-state index in [9.17, 15) is 9.18 Å². The van der Waals surface area contributed by atoms with Crippen LogP contribution in [0.25, 0.3) is 0 Å². The van der Waals surface area contributed by atoms with E-state index in [1.807, 2.05) is 0 Å². The zero-order valence-electron chi connectivity index (χ0n) is 7.18. The molecule has 1 aliphatic rings. The van der Waals surface area contributed by atoms with Crippen LogP contribution in [0.15, 0.2) is 0 Å². The minimum Gasteiger partial charge on any atom is -0.450 e. The third kappa shape index (κ3) is 2.36. The van der Waals surface area contributed by atoms with Crippen LogP contribution < -0.4 is 5.32 Å². The maximum absolute atomic E-state index is 12.9. The lowest BCUT2D eigenvalue weighted by Gasteiger charge is -2.13. The molecule has 0 aliphatic heterocycles. The number of carbonyl (C=O) groups excluding carboxylic acids is 1. The second-order valence-electron chi connectivity index (χ2n) is 2.92. The van der Waals surface area contributed by atoms with Crippen molar-refractivity contribution in [3.05, 3.63) is 0 Å². The van der Waals surface area contributed by atoms with E-state index in [0.29, 0.717) is 13.0 Å². The summed E-state index contributed by atoms with van der Waals surface area (Å²) in [6.07, 6.45) is 0.719. The topological polar surface area (TPSA) is 38.3 Å². The van der Waals surface area contributed by atoms with Gasteiger partial charge >= 0.3 is 6.09 Å². The number of rotatable bonds is 2. The molecule has 0 bridgehead atoms. The number of carbonyl (C=O) groups is 1. The first kappa shape index (κ1) is 9.29. The van der Waals surface area contributed by atoms with Gasteiger partial charge in [-0.2, -0.15) is 0 Å². The van der Waals surface area contributed by atoms with Crippen molar-refractivity contribution in [2.24, 2.45) is 0 Å². The van der Waals surface area contributed by atoms with Crippen LogP contribution in [0, 0.1) is 0 Å². The van der Waals surface area contributed by atoms with Crippen molar-refractivity contribution >= 4 is 6.09 Å². The van der Waals surface area contributed by atoms with E-state index in [0.717, 1.165) is 12.8 Å². The number of alkyl halides is 1. The van der Waals surface area contributed by atoms with Crippen molar-refractivity contribution in [2.45, 2.75) is 38.4 Å². The molecule has 12 heavy (non-hydrogen) atoms. The quantitative estimate of drug-likeness (QED) is 0.692. The number of ether oxygens (including phenoxy) is 1. The summed E-state index contributed by atoms with van der Waals surface area (Å²) >= 11 is 0. The highest BCUT2D eigenvalue weighted by molar-refractivity contribution is 5.67. The largest absolute Gasteiger partial charge is 0.450 e. The van der Waals surface area contributed by atoms with Crippen molar-refractivity contribution < 1.29 is 13.9 Å². The number of amides is 1. The van der Waals surface area contributed by atoms with Gasteiger partial charge in [-0.1, -0.05) is 0 Å². The maximum Gasteiger partial charge on any atom is 0.407 e. The molecule has 1 N–H and O–H groups in total. The Morgan fingerprint density at radius 3 is 2.92 bits per heavy atom. The van der Waals surface area contributed by atoms with Crippen molar-refractivity contribution in [1.29, 1.82) is 0 Å². The van der Waals surface area contributed by atoms with Gasteiger partial charge in [-0.05, 0) is 26.2 Å². The maximum atomic E-state index is 12.9. The molecular weight excluding hydrogens is 161 g/mol. The summed E-state index contributed by atoms with van der Waals surface area (Å²) in [4.78, 5) is 10.8. The molecule has 70 valence electrons. The van der Waals surface area contributed by atoms with Crippen molar-refractivity contribution in [3.8, 4) is 0 Å². The lowest BCUT2D eigenvalue weighted by atomic mass is 10.2. The number of nitrogens with one attached hydrogen (secondary N) is 1. The van der Waals surface area contributed by atoms with Crippen LogP contribution in [0.5, 0.6) is 0 Å². The molecule has 1 saturated carbocycles. The minimum absolute atomic E-state index is 0.329. The Bertz CT molecular complexity index is 163. The standard InChI is InChI=1S/C8H14FNO2/c1-2-12-8(11)10-7-5-3-4-6(7)9/h6-7H,2-5H2,1H3,(H,10,11). The molecule has 4 heteroatoms.